The minimum atomic E-state index is -0.459. The molecule has 0 saturated heterocycles. The van der Waals surface area contributed by atoms with E-state index < -0.39 is 6.09 Å². The van der Waals surface area contributed by atoms with E-state index in [0.717, 1.165) is 16.8 Å². The van der Waals surface area contributed by atoms with Crippen LogP contribution in [0, 0.1) is 0 Å². The van der Waals surface area contributed by atoms with E-state index in [9.17, 15) is 9.59 Å². The van der Waals surface area contributed by atoms with Crippen LogP contribution in [0.1, 0.15) is 18.1 Å². The van der Waals surface area contributed by atoms with Gasteiger partial charge in [-0.15, -0.1) is 0 Å². The number of esters is 1. The maximum absolute atomic E-state index is 12.2. The Bertz CT molecular complexity index is 779. The minimum Gasteiger partial charge on any atom is -0.465 e. The van der Waals surface area contributed by atoms with Crippen molar-refractivity contribution in [1.29, 1.82) is 0 Å². The summed E-state index contributed by atoms with van der Waals surface area (Å²) in [6.07, 6.45) is 0.231. The van der Waals surface area contributed by atoms with Crippen LogP contribution in [-0.4, -0.2) is 37.8 Å². The summed E-state index contributed by atoms with van der Waals surface area (Å²) in [5, 5.41) is 2.91. The van der Waals surface area contributed by atoms with Crippen LogP contribution in [0.25, 0.3) is 0 Å². The third-order valence-corrected chi connectivity index (χ3v) is 4.40. The molecule has 6 nitrogen and oxygen atoms in total. The summed E-state index contributed by atoms with van der Waals surface area (Å²) in [5.74, 6) is -0.278. The number of hydrogen-bond donors (Lipinski definition) is 1. The number of benzene rings is 2. The summed E-state index contributed by atoms with van der Waals surface area (Å²) in [6, 6.07) is 17.3. The predicted octanol–water partition coefficient (Wildman–Crippen LogP) is 2.91. The third kappa shape index (κ3) is 5.23. The van der Waals surface area contributed by atoms with Crippen LogP contribution >= 0.6 is 0 Å². The first kappa shape index (κ1) is 18.8. The molecular weight excluding hydrogens is 344 g/mol. The SMILES string of the molecule is CCOC(=O)CN1CC(NC(=O)OCc2ccccc2)Cc2ccccc21. The lowest BCUT2D eigenvalue weighted by Gasteiger charge is -2.35. The molecule has 2 aromatic rings. The Labute approximate surface area is 159 Å². The lowest BCUT2D eigenvalue weighted by molar-refractivity contribution is -0.141. The first-order valence-corrected chi connectivity index (χ1v) is 9.11. The fourth-order valence-corrected chi connectivity index (χ4v) is 3.23. The molecular formula is C21H24N2O4. The van der Waals surface area contributed by atoms with Crippen LogP contribution in [0.4, 0.5) is 10.5 Å². The van der Waals surface area contributed by atoms with Crippen LogP contribution in [-0.2, 0) is 27.3 Å². The highest BCUT2D eigenvalue weighted by atomic mass is 16.5. The Morgan fingerprint density at radius 2 is 1.81 bits per heavy atom. The molecule has 1 amide bonds. The van der Waals surface area contributed by atoms with Crippen molar-refractivity contribution < 1.29 is 19.1 Å². The molecule has 1 N–H and O–H groups in total. The molecule has 0 saturated carbocycles. The van der Waals surface area contributed by atoms with Crippen LogP contribution in [0.5, 0.6) is 0 Å². The molecule has 1 unspecified atom stereocenters. The zero-order valence-electron chi connectivity index (χ0n) is 15.4. The number of fused-ring (bicyclic) bond motifs is 1. The van der Waals surface area contributed by atoms with Crippen LogP contribution in [0.15, 0.2) is 54.6 Å². The molecule has 1 aliphatic heterocycles. The molecule has 6 heteroatoms. The molecule has 1 atom stereocenters. The van der Waals surface area contributed by atoms with E-state index in [2.05, 4.69) is 5.32 Å². The van der Waals surface area contributed by atoms with Crippen molar-refractivity contribution in [2.45, 2.75) is 26.0 Å². The summed E-state index contributed by atoms with van der Waals surface area (Å²) in [6.45, 7) is 3.04. The molecule has 0 fully saturated rings. The van der Waals surface area contributed by atoms with Gasteiger partial charge in [-0.2, -0.15) is 0 Å². The molecule has 0 aromatic heterocycles. The lowest BCUT2D eigenvalue weighted by atomic mass is 9.98. The number of carbonyl (C=O) groups is 2. The quantitative estimate of drug-likeness (QED) is 0.794. The van der Waals surface area contributed by atoms with Gasteiger partial charge in [-0.3, -0.25) is 4.79 Å². The second-order valence-corrected chi connectivity index (χ2v) is 6.42. The number of para-hydroxylation sites is 1. The minimum absolute atomic E-state index is 0.141. The number of carbonyl (C=O) groups excluding carboxylic acids is 2. The van der Waals surface area contributed by atoms with Crippen molar-refractivity contribution in [2.24, 2.45) is 0 Å². The van der Waals surface area contributed by atoms with Gasteiger partial charge in [0.05, 0.1) is 12.6 Å². The zero-order chi connectivity index (χ0) is 19.1. The number of nitrogens with zero attached hydrogens (tertiary/aromatic N) is 1. The molecule has 142 valence electrons. The van der Waals surface area contributed by atoms with Gasteiger partial charge in [-0.05, 0) is 30.5 Å². The summed E-state index contributed by atoms with van der Waals surface area (Å²) in [5.41, 5.74) is 3.02. The van der Waals surface area contributed by atoms with Gasteiger partial charge in [0.25, 0.3) is 0 Å². The van der Waals surface area contributed by atoms with Gasteiger partial charge in [0.1, 0.15) is 13.2 Å². The van der Waals surface area contributed by atoms with E-state index >= 15 is 0 Å². The van der Waals surface area contributed by atoms with E-state index in [1.807, 2.05) is 59.5 Å². The van der Waals surface area contributed by atoms with Crippen LogP contribution in [0.3, 0.4) is 0 Å². The predicted molar refractivity (Wildman–Crippen MR) is 103 cm³/mol. The van der Waals surface area contributed by atoms with Crippen LogP contribution < -0.4 is 10.2 Å². The Morgan fingerprint density at radius 3 is 2.59 bits per heavy atom. The summed E-state index contributed by atoms with van der Waals surface area (Å²) < 4.78 is 10.4. The monoisotopic (exact) mass is 368 g/mol. The van der Waals surface area contributed by atoms with Crippen molar-refractivity contribution in [1.82, 2.24) is 5.32 Å². The first-order chi connectivity index (χ1) is 13.2. The van der Waals surface area contributed by atoms with Gasteiger partial charge in [0.2, 0.25) is 0 Å². The lowest BCUT2D eigenvalue weighted by Crippen LogP contribution is -2.49. The maximum atomic E-state index is 12.2. The highest BCUT2D eigenvalue weighted by Crippen LogP contribution is 2.26. The molecule has 0 radical (unpaired) electrons. The number of rotatable bonds is 6. The summed E-state index contributed by atoms with van der Waals surface area (Å²) in [7, 11) is 0. The largest absolute Gasteiger partial charge is 0.465 e. The van der Waals surface area contributed by atoms with Gasteiger partial charge < -0.3 is 19.7 Å². The van der Waals surface area contributed by atoms with Crippen molar-refractivity contribution >= 4 is 17.7 Å². The second-order valence-electron chi connectivity index (χ2n) is 6.42. The molecule has 27 heavy (non-hydrogen) atoms. The standard InChI is InChI=1S/C21H24N2O4/c1-2-26-20(24)14-23-13-18(12-17-10-6-7-11-19(17)23)22-21(25)27-15-16-8-4-3-5-9-16/h3-11,18H,2,12-15H2,1H3,(H,22,25). The van der Waals surface area contributed by atoms with Crippen molar-refractivity contribution in [3.8, 4) is 0 Å². The summed E-state index contributed by atoms with van der Waals surface area (Å²) in [4.78, 5) is 26.1. The van der Waals surface area contributed by atoms with E-state index in [0.29, 0.717) is 19.6 Å². The maximum Gasteiger partial charge on any atom is 0.407 e. The number of alkyl carbamates (subject to hydrolysis) is 1. The average Bonchev–Trinajstić information content (AvgIpc) is 2.67. The van der Waals surface area contributed by atoms with Gasteiger partial charge >= 0.3 is 12.1 Å². The number of nitrogens with one attached hydrogen (secondary N) is 1. The molecule has 0 aliphatic carbocycles. The Morgan fingerprint density at radius 1 is 1.07 bits per heavy atom. The first-order valence-electron chi connectivity index (χ1n) is 9.11. The van der Waals surface area contributed by atoms with Crippen LogP contribution in [0.2, 0.25) is 0 Å². The molecule has 3 rings (SSSR count). The van der Waals surface area contributed by atoms with Gasteiger partial charge in [-0.25, -0.2) is 4.79 Å². The zero-order valence-corrected chi connectivity index (χ0v) is 15.4. The molecule has 0 bridgehead atoms. The number of hydrogen-bond acceptors (Lipinski definition) is 5. The molecule has 1 aliphatic rings. The number of anilines is 1. The highest BCUT2D eigenvalue weighted by molar-refractivity contribution is 5.77. The number of ether oxygens (including phenoxy) is 2. The van der Waals surface area contributed by atoms with Gasteiger partial charge in [0, 0.05) is 12.2 Å². The number of amides is 1. The normalized spacial score (nSPS) is 15.6. The van der Waals surface area contributed by atoms with Gasteiger partial charge in [0.15, 0.2) is 0 Å². The Balaban J connectivity index is 1.61. The molecule has 2 aromatic carbocycles. The Hall–Kier alpha value is -3.02. The van der Waals surface area contributed by atoms with Crippen molar-refractivity contribution in [3.63, 3.8) is 0 Å². The van der Waals surface area contributed by atoms with Gasteiger partial charge in [-0.1, -0.05) is 48.5 Å². The summed E-state index contributed by atoms with van der Waals surface area (Å²) >= 11 is 0. The smallest absolute Gasteiger partial charge is 0.407 e. The van der Waals surface area contributed by atoms with Crippen molar-refractivity contribution in [3.05, 3.63) is 65.7 Å². The Kier molecular flexibility index (Phi) is 6.30. The molecule has 0 spiro atoms. The second kappa shape index (κ2) is 9.07. The highest BCUT2D eigenvalue weighted by Gasteiger charge is 2.27. The average molecular weight is 368 g/mol. The van der Waals surface area contributed by atoms with E-state index in [1.54, 1.807) is 6.92 Å². The van der Waals surface area contributed by atoms with Crippen molar-refractivity contribution in [2.75, 3.05) is 24.6 Å². The van der Waals surface area contributed by atoms with E-state index in [4.69, 9.17) is 9.47 Å². The molecule has 1 heterocycles. The fraction of sp³-hybridized carbons (Fsp3) is 0.333. The third-order valence-electron chi connectivity index (χ3n) is 4.40. The topological polar surface area (TPSA) is 67.9 Å². The van der Waals surface area contributed by atoms with E-state index in [-0.39, 0.29) is 25.2 Å². The van der Waals surface area contributed by atoms with E-state index in [1.165, 1.54) is 0 Å². The fourth-order valence-electron chi connectivity index (χ4n) is 3.23.